The van der Waals surface area contributed by atoms with Crippen molar-refractivity contribution in [2.75, 3.05) is 25.0 Å². The Morgan fingerprint density at radius 1 is 1.28 bits per heavy atom. The van der Waals surface area contributed by atoms with E-state index in [1.807, 2.05) is 0 Å². The predicted octanol–water partition coefficient (Wildman–Crippen LogP) is 0.531. The number of nitrogens with one attached hydrogen (secondary N) is 1. The molecule has 2 aliphatic heterocycles. The lowest BCUT2D eigenvalue weighted by molar-refractivity contribution is -0.0664. The normalized spacial score (nSPS) is 31.8. The highest BCUT2D eigenvalue weighted by atomic mass is 31.2. The number of rotatable bonds is 8. The molecule has 0 amide bonds. The Kier molecular flexibility index (Phi) is 6.11. The van der Waals surface area contributed by atoms with E-state index in [-0.39, 0.29) is 6.61 Å². The molecule has 4 heterocycles. The van der Waals surface area contributed by atoms with Crippen LogP contribution in [0.4, 0.5) is 5.82 Å². The molecule has 2 aliphatic rings. The molecule has 0 radical (unpaired) electrons. The average molecular weight is 428 g/mol. The van der Waals surface area contributed by atoms with Crippen molar-refractivity contribution in [3.63, 3.8) is 0 Å². The Morgan fingerprint density at radius 3 is 2.93 bits per heavy atom. The zero-order valence-electron chi connectivity index (χ0n) is 15.8. The second-order valence-electron chi connectivity index (χ2n) is 7.07. The minimum absolute atomic E-state index is 0.148. The maximum Gasteiger partial charge on any atom is 0.472 e. The largest absolute Gasteiger partial charge is 0.472 e. The van der Waals surface area contributed by atoms with Crippen LogP contribution in [0.15, 0.2) is 12.7 Å². The molecule has 13 heteroatoms. The Hall–Kier alpha value is -1.66. The number of aliphatic hydroxyl groups is 1. The van der Waals surface area contributed by atoms with Gasteiger partial charge >= 0.3 is 7.82 Å². The van der Waals surface area contributed by atoms with E-state index < -0.39 is 32.4 Å². The number of aliphatic hydroxyl groups excluding tert-OH is 1. The number of aromatic nitrogens is 4. The number of phosphoric acid groups is 1. The van der Waals surface area contributed by atoms with E-state index >= 15 is 0 Å². The molecule has 0 aromatic carbocycles. The van der Waals surface area contributed by atoms with E-state index in [1.54, 1.807) is 4.57 Å². The average Bonchev–Trinajstić information content (AvgIpc) is 3.26. The summed E-state index contributed by atoms with van der Waals surface area (Å²) < 4.78 is 28.8. The van der Waals surface area contributed by atoms with Gasteiger partial charge in [0, 0.05) is 6.54 Å². The summed E-state index contributed by atoms with van der Waals surface area (Å²) in [7, 11) is -4.18. The van der Waals surface area contributed by atoms with Crippen molar-refractivity contribution >= 4 is 24.8 Å². The fourth-order valence-corrected chi connectivity index (χ4v) is 4.53. The highest BCUT2D eigenvalue weighted by Gasteiger charge is 2.52. The number of hydrogen-bond donors (Lipinski definition) is 4. The summed E-state index contributed by atoms with van der Waals surface area (Å²) in [6, 6.07) is 0. The number of nitrogens with two attached hydrogens (primary N) is 1. The van der Waals surface area contributed by atoms with Gasteiger partial charge in [-0.05, 0) is 19.4 Å². The Balaban J connectivity index is 1.47. The number of ether oxygens (including phenoxy) is 1. The summed E-state index contributed by atoms with van der Waals surface area (Å²) in [5.74, 6) is 0.594. The van der Waals surface area contributed by atoms with Gasteiger partial charge in [-0.1, -0.05) is 12.8 Å². The lowest BCUT2D eigenvalue weighted by Crippen LogP contribution is -2.39. The molecule has 4 rings (SSSR count). The van der Waals surface area contributed by atoms with Crippen molar-refractivity contribution < 1.29 is 28.3 Å². The van der Waals surface area contributed by atoms with Gasteiger partial charge in [0.2, 0.25) is 0 Å². The zero-order chi connectivity index (χ0) is 20.4. The van der Waals surface area contributed by atoms with Gasteiger partial charge in [-0.2, -0.15) is 0 Å². The topological polar surface area (TPSA) is 167 Å². The van der Waals surface area contributed by atoms with E-state index in [1.165, 1.54) is 12.7 Å². The molecule has 160 valence electrons. The van der Waals surface area contributed by atoms with Gasteiger partial charge in [-0.3, -0.25) is 13.6 Å². The maximum atomic E-state index is 11.6. The molecule has 0 spiro atoms. The zero-order valence-corrected chi connectivity index (χ0v) is 16.6. The molecule has 5 N–H and O–H groups in total. The van der Waals surface area contributed by atoms with Crippen molar-refractivity contribution in [1.29, 1.82) is 0 Å². The Labute approximate surface area is 167 Å². The van der Waals surface area contributed by atoms with Crippen LogP contribution in [0.25, 0.3) is 11.2 Å². The van der Waals surface area contributed by atoms with E-state index in [2.05, 4.69) is 20.3 Å². The molecular formula is C16H25N6O6P. The first-order valence-electron chi connectivity index (χ1n) is 9.61. The molecule has 2 saturated heterocycles. The minimum atomic E-state index is -4.18. The summed E-state index contributed by atoms with van der Waals surface area (Å²) in [6.07, 6.45) is 3.37. The molecular weight excluding hydrogens is 403 g/mol. The van der Waals surface area contributed by atoms with E-state index in [9.17, 15) is 14.6 Å². The Morgan fingerprint density at radius 2 is 2.10 bits per heavy atom. The molecule has 0 bridgehead atoms. The third kappa shape index (κ3) is 4.29. The summed E-state index contributed by atoms with van der Waals surface area (Å²) in [6.45, 7) is 1.30. The number of unbranched alkanes of at least 4 members (excludes halogenated alkanes) is 3. The van der Waals surface area contributed by atoms with Crippen molar-refractivity contribution in [2.45, 2.75) is 50.2 Å². The van der Waals surface area contributed by atoms with E-state index in [0.29, 0.717) is 23.5 Å². The molecule has 0 saturated carbocycles. The van der Waals surface area contributed by atoms with Crippen LogP contribution in [-0.4, -0.2) is 67.5 Å². The van der Waals surface area contributed by atoms with Crippen LogP contribution in [0.5, 0.6) is 0 Å². The van der Waals surface area contributed by atoms with Crippen LogP contribution in [0, 0.1) is 0 Å². The van der Waals surface area contributed by atoms with Crippen LogP contribution in [0.2, 0.25) is 0 Å². The predicted molar refractivity (Wildman–Crippen MR) is 102 cm³/mol. The first-order chi connectivity index (χ1) is 14.0. The lowest BCUT2D eigenvalue weighted by Gasteiger charge is -2.27. The van der Waals surface area contributed by atoms with Gasteiger partial charge in [0.25, 0.3) is 0 Å². The summed E-state index contributed by atoms with van der Waals surface area (Å²) in [4.78, 5) is 22.4. The number of hydrogen-bond acceptors (Lipinski definition) is 10. The molecule has 5 atom stereocenters. The fraction of sp³-hybridized carbons (Fsp3) is 0.688. The molecule has 2 aromatic heterocycles. The highest BCUT2D eigenvalue weighted by molar-refractivity contribution is 7.47. The number of phosphoric ester groups is 1. The maximum absolute atomic E-state index is 11.6. The van der Waals surface area contributed by atoms with Gasteiger partial charge < -0.3 is 25.8 Å². The summed E-state index contributed by atoms with van der Waals surface area (Å²) in [5.41, 5.74) is 6.52. The van der Waals surface area contributed by atoms with Gasteiger partial charge in [-0.15, -0.1) is 0 Å². The first kappa shape index (κ1) is 20.6. The Bertz CT molecular complexity index is 896. The van der Waals surface area contributed by atoms with Crippen LogP contribution in [-0.2, 0) is 18.3 Å². The smallest absolute Gasteiger partial charge is 0.386 e. The molecule has 12 nitrogen and oxygen atoms in total. The second kappa shape index (κ2) is 8.60. The van der Waals surface area contributed by atoms with Crippen molar-refractivity contribution in [3.8, 4) is 0 Å². The van der Waals surface area contributed by atoms with E-state index in [0.717, 1.165) is 32.2 Å². The first-order valence-corrected chi connectivity index (χ1v) is 11.1. The summed E-state index contributed by atoms with van der Waals surface area (Å²) in [5, 5.41) is 13.9. The number of fused-ring (bicyclic) bond motifs is 2. The highest BCUT2D eigenvalue weighted by Crippen LogP contribution is 2.52. The third-order valence-electron chi connectivity index (χ3n) is 5.02. The quantitative estimate of drug-likeness (QED) is 0.342. The van der Waals surface area contributed by atoms with E-state index in [4.69, 9.17) is 19.5 Å². The van der Waals surface area contributed by atoms with Crippen LogP contribution < -0.4 is 11.1 Å². The molecule has 29 heavy (non-hydrogen) atoms. The lowest BCUT2D eigenvalue weighted by atomic mass is 10.1. The second-order valence-corrected chi connectivity index (χ2v) is 8.47. The van der Waals surface area contributed by atoms with Gasteiger partial charge in [0.1, 0.15) is 24.6 Å². The summed E-state index contributed by atoms with van der Waals surface area (Å²) >= 11 is 0. The van der Waals surface area contributed by atoms with Crippen molar-refractivity contribution in [1.82, 2.24) is 19.5 Å². The molecule has 2 fully saturated rings. The van der Waals surface area contributed by atoms with Gasteiger partial charge in [0.05, 0.1) is 12.9 Å². The fourth-order valence-electron chi connectivity index (χ4n) is 3.56. The minimum Gasteiger partial charge on any atom is -0.386 e. The van der Waals surface area contributed by atoms with Crippen molar-refractivity contribution in [3.05, 3.63) is 12.7 Å². The standard InChI is InChI=1S/C16H25N6O6P/c17-5-3-1-2-4-6-18-14-11-15(20-8-19-14)22(9-21-11)16-12(23)13-10(27-16)7-26-29(24,25)28-13/h8-10,12-13,16,23H,1-7,17H2,(H,24,25)(H,18,19,20)/t10-,12-,13-,16-/m1/s1. The van der Waals surface area contributed by atoms with Crippen LogP contribution >= 0.6 is 7.82 Å². The SMILES string of the molecule is NCCCCCCNc1ncnc2c1ncn2[C@@H]1O[C@@H]2COP(=O)(O)O[C@H]2[C@H]1O. The molecule has 1 unspecified atom stereocenters. The molecule has 0 aliphatic carbocycles. The van der Waals surface area contributed by atoms with Crippen molar-refractivity contribution in [2.24, 2.45) is 5.73 Å². The number of imidazole rings is 1. The van der Waals surface area contributed by atoms with Crippen LogP contribution in [0.3, 0.4) is 0 Å². The molecule has 2 aromatic rings. The monoisotopic (exact) mass is 428 g/mol. The van der Waals surface area contributed by atoms with Gasteiger partial charge in [0.15, 0.2) is 23.2 Å². The van der Waals surface area contributed by atoms with Gasteiger partial charge in [-0.25, -0.2) is 19.5 Å². The third-order valence-corrected chi connectivity index (χ3v) is 6.01. The number of anilines is 1. The van der Waals surface area contributed by atoms with Crippen LogP contribution in [0.1, 0.15) is 31.9 Å². The number of nitrogens with zero attached hydrogens (tertiary/aromatic N) is 4.